The minimum Gasteiger partial charge on any atom is -0.394 e. The third-order valence-electron chi connectivity index (χ3n) is 2.46. The quantitative estimate of drug-likeness (QED) is 0.549. The maximum atomic E-state index is 11.7. The second-order valence-electron chi connectivity index (χ2n) is 4.52. The second kappa shape index (κ2) is 4.61. The van der Waals surface area contributed by atoms with Crippen LogP contribution in [-0.2, 0) is 9.59 Å². The number of amides is 2. The Kier molecular flexibility index (Phi) is 3.68. The van der Waals surface area contributed by atoms with E-state index in [9.17, 15) is 9.59 Å². The van der Waals surface area contributed by atoms with Crippen LogP contribution in [0.15, 0.2) is 0 Å². The molecule has 5 nitrogen and oxygen atoms in total. The SMILES string of the molecule is CC(C)(CO)NC(=O)[C@@H]1CCCNC1=O. The fourth-order valence-electron chi connectivity index (χ4n) is 1.48. The molecule has 0 saturated carbocycles. The number of aliphatic hydroxyl groups excluding tert-OH is 1. The lowest BCUT2D eigenvalue weighted by atomic mass is 9.96. The third kappa shape index (κ3) is 3.20. The van der Waals surface area contributed by atoms with E-state index in [0.717, 1.165) is 6.42 Å². The lowest BCUT2D eigenvalue weighted by molar-refractivity contribution is -0.138. The van der Waals surface area contributed by atoms with Gasteiger partial charge >= 0.3 is 0 Å². The zero-order chi connectivity index (χ0) is 11.5. The van der Waals surface area contributed by atoms with Gasteiger partial charge in [0.15, 0.2) is 0 Å². The molecular weight excluding hydrogens is 196 g/mol. The van der Waals surface area contributed by atoms with Gasteiger partial charge in [-0.2, -0.15) is 0 Å². The summed E-state index contributed by atoms with van der Waals surface area (Å²) < 4.78 is 0. The van der Waals surface area contributed by atoms with Crippen LogP contribution in [0.3, 0.4) is 0 Å². The van der Waals surface area contributed by atoms with Gasteiger partial charge in [-0.15, -0.1) is 0 Å². The maximum absolute atomic E-state index is 11.7. The lowest BCUT2D eigenvalue weighted by Crippen LogP contribution is -2.52. The highest BCUT2D eigenvalue weighted by Gasteiger charge is 2.31. The molecule has 1 atom stereocenters. The van der Waals surface area contributed by atoms with Gasteiger partial charge in [-0.25, -0.2) is 0 Å². The van der Waals surface area contributed by atoms with E-state index in [1.165, 1.54) is 0 Å². The van der Waals surface area contributed by atoms with Gasteiger partial charge in [0.25, 0.3) is 0 Å². The summed E-state index contributed by atoms with van der Waals surface area (Å²) in [6.45, 7) is 3.93. The van der Waals surface area contributed by atoms with Gasteiger partial charge in [0, 0.05) is 6.54 Å². The van der Waals surface area contributed by atoms with Crippen LogP contribution >= 0.6 is 0 Å². The molecule has 0 aromatic carbocycles. The molecule has 0 unspecified atom stereocenters. The molecule has 86 valence electrons. The lowest BCUT2D eigenvalue weighted by Gasteiger charge is -2.28. The van der Waals surface area contributed by atoms with Crippen molar-refractivity contribution >= 4 is 11.8 Å². The number of carbonyl (C=O) groups is 2. The number of carbonyl (C=O) groups excluding carboxylic acids is 2. The van der Waals surface area contributed by atoms with Crippen LogP contribution in [0.25, 0.3) is 0 Å². The molecule has 1 aliphatic rings. The van der Waals surface area contributed by atoms with Gasteiger partial charge in [0.2, 0.25) is 11.8 Å². The van der Waals surface area contributed by atoms with Crippen molar-refractivity contribution in [1.82, 2.24) is 10.6 Å². The van der Waals surface area contributed by atoms with Crippen LogP contribution in [-0.4, -0.2) is 35.6 Å². The predicted molar refractivity (Wildman–Crippen MR) is 55.0 cm³/mol. The molecule has 5 heteroatoms. The molecule has 2 amide bonds. The Morgan fingerprint density at radius 2 is 2.33 bits per heavy atom. The van der Waals surface area contributed by atoms with Crippen molar-refractivity contribution in [2.45, 2.75) is 32.2 Å². The molecule has 1 saturated heterocycles. The summed E-state index contributed by atoms with van der Waals surface area (Å²) in [7, 11) is 0. The van der Waals surface area contributed by atoms with Crippen molar-refractivity contribution in [3.63, 3.8) is 0 Å². The number of hydrogen-bond donors (Lipinski definition) is 3. The highest BCUT2D eigenvalue weighted by molar-refractivity contribution is 6.00. The minimum absolute atomic E-state index is 0.146. The van der Waals surface area contributed by atoms with E-state index in [1.54, 1.807) is 13.8 Å². The van der Waals surface area contributed by atoms with Gasteiger partial charge in [0.05, 0.1) is 12.1 Å². The standard InChI is InChI=1S/C10H18N2O3/c1-10(2,6-13)12-9(15)7-4-3-5-11-8(7)14/h7,13H,3-6H2,1-2H3,(H,11,14)(H,12,15)/t7-/m1/s1. The van der Waals surface area contributed by atoms with Gasteiger partial charge in [-0.1, -0.05) is 0 Å². The van der Waals surface area contributed by atoms with Crippen molar-refractivity contribution in [3.05, 3.63) is 0 Å². The molecule has 15 heavy (non-hydrogen) atoms. The Bertz CT molecular complexity index is 263. The Labute approximate surface area is 89.2 Å². The molecule has 0 aromatic rings. The van der Waals surface area contributed by atoms with Crippen molar-refractivity contribution in [2.24, 2.45) is 5.92 Å². The topological polar surface area (TPSA) is 78.4 Å². The normalized spacial score (nSPS) is 22.1. The first-order valence-corrected chi connectivity index (χ1v) is 5.17. The number of nitrogens with one attached hydrogen (secondary N) is 2. The first-order chi connectivity index (χ1) is 6.96. The third-order valence-corrected chi connectivity index (χ3v) is 2.46. The van der Waals surface area contributed by atoms with Crippen LogP contribution in [0.5, 0.6) is 0 Å². The molecule has 0 aliphatic carbocycles. The minimum atomic E-state index is -0.672. The molecule has 0 aromatic heterocycles. The summed E-state index contributed by atoms with van der Waals surface area (Å²) in [5, 5.41) is 14.3. The summed E-state index contributed by atoms with van der Waals surface area (Å²) >= 11 is 0. The average molecular weight is 214 g/mol. The summed E-state index contributed by atoms with van der Waals surface area (Å²) in [4.78, 5) is 23.1. The predicted octanol–water partition coefficient (Wildman–Crippen LogP) is -0.600. The fraction of sp³-hybridized carbons (Fsp3) is 0.800. The largest absolute Gasteiger partial charge is 0.394 e. The van der Waals surface area contributed by atoms with Gasteiger partial charge in [-0.05, 0) is 26.7 Å². The van der Waals surface area contributed by atoms with E-state index in [2.05, 4.69) is 10.6 Å². The van der Waals surface area contributed by atoms with Crippen molar-refractivity contribution in [3.8, 4) is 0 Å². The van der Waals surface area contributed by atoms with Crippen molar-refractivity contribution < 1.29 is 14.7 Å². The molecule has 1 fully saturated rings. The first-order valence-electron chi connectivity index (χ1n) is 5.17. The van der Waals surface area contributed by atoms with E-state index < -0.39 is 11.5 Å². The molecule has 3 N–H and O–H groups in total. The zero-order valence-electron chi connectivity index (χ0n) is 9.17. The van der Waals surface area contributed by atoms with Crippen LogP contribution in [0, 0.1) is 5.92 Å². The van der Waals surface area contributed by atoms with E-state index >= 15 is 0 Å². The Balaban J connectivity index is 2.56. The Morgan fingerprint density at radius 1 is 1.67 bits per heavy atom. The first kappa shape index (κ1) is 12.0. The molecule has 0 bridgehead atoms. The summed E-state index contributed by atoms with van der Waals surface area (Å²) in [6.07, 6.45) is 1.41. The average Bonchev–Trinajstić information content (AvgIpc) is 2.17. The van der Waals surface area contributed by atoms with Crippen molar-refractivity contribution in [2.75, 3.05) is 13.2 Å². The number of hydrogen-bond acceptors (Lipinski definition) is 3. The second-order valence-corrected chi connectivity index (χ2v) is 4.52. The highest BCUT2D eigenvalue weighted by Crippen LogP contribution is 2.13. The molecule has 1 rings (SSSR count). The smallest absolute Gasteiger partial charge is 0.233 e. The van der Waals surface area contributed by atoms with Gasteiger partial charge < -0.3 is 15.7 Å². The van der Waals surface area contributed by atoms with E-state index in [-0.39, 0.29) is 18.4 Å². The van der Waals surface area contributed by atoms with Crippen LogP contribution < -0.4 is 10.6 Å². The van der Waals surface area contributed by atoms with Crippen LogP contribution in [0.2, 0.25) is 0 Å². The van der Waals surface area contributed by atoms with Crippen molar-refractivity contribution in [1.29, 1.82) is 0 Å². The maximum Gasteiger partial charge on any atom is 0.233 e. The highest BCUT2D eigenvalue weighted by atomic mass is 16.3. The van der Waals surface area contributed by atoms with E-state index in [0.29, 0.717) is 13.0 Å². The molecule has 1 aliphatic heterocycles. The van der Waals surface area contributed by atoms with E-state index in [1.807, 2.05) is 0 Å². The van der Waals surface area contributed by atoms with E-state index in [4.69, 9.17) is 5.11 Å². The molecular formula is C10H18N2O3. The summed E-state index contributed by atoms with van der Waals surface area (Å²) in [6, 6.07) is 0. The zero-order valence-corrected chi connectivity index (χ0v) is 9.17. The van der Waals surface area contributed by atoms with Crippen LogP contribution in [0.4, 0.5) is 0 Å². The summed E-state index contributed by atoms with van der Waals surface area (Å²) in [5.41, 5.74) is -0.672. The Morgan fingerprint density at radius 3 is 2.87 bits per heavy atom. The van der Waals surface area contributed by atoms with Crippen LogP contribution in [0.1, 0.15) is 26.7 Å². The molecule has 1 heterocycles. The van der Waals surface area contributed by atoms with Gasteiger partial charge in [0.1, 0.15) is 5.92 Å². The number of rotatable bonds is 3. The molecule has 0 spiro atoms. The summed E-state index contributed by atoms with van der Waals surface area (Å²) in [5.74, 6) is -1.12. The fourth-order valence-corrected chi connectivity index (χ4v) is 1.48. The number of aliphatic hydroxyl groups is 1. The number of piperidine rings is 1. The molecule has 0 radical (unpaired) electrons. The Hall–Kier alpha value is -1.10. The van der Waals surface area contributed by atoms with Gasteiger partial charge in [-0.3, -0.25) is 9.59 Å². The monoisotopic (exact) mass is 214 g/mol.